The van der Waals surface area contributed by atoms with Crippen LogP contribution in [0.2, 0.25) is 0 Å². The molecule has 0 aliphatic rings. The summed E-state index contributed by atoms with van der Waals surface area (Å²) < 4.78 is 0. The molecule has 108 valence electrons. The van der Waals surface area contributed by atoms with Crippen molar-refractivity contribution in [1.29, 1.82) is 0 Å². The van der Waals surface area contributed by atoms with E-state index >= 15 is 0 Å². The van der Waals surface area contributed by atoms with E-state index in [4.69, 9.17) is 5.11 Å². The van der Waals surface area contributed by atoms with Crippen molar-refractivity contribution in [2.75, 3.05) is 13.7 Å². The third-order valence-electron chi connectivity index (χ3n) is 3.01. The Morgan fingerprint density at radius 2 is 2.19 bits per heavy atom. The van der Waals surface area contributed by atoms with Crippen molar-refractivity contribution in [3.8, 4) is 11.8 Å². The van der Waals surface area contributed by atoms with Crippen LogP contribution in [0.25, 0.3) is 0 Å². The predicted octanol–water partition coefficient (Wildman–Crippen LogP) is 2.67. The van der Waals surface area contributed by atoms with Crippen LogP contribution in [0.15, 0.2) is 35.7 Å². The second-order valence-corrected chi connectivity index (χ2v) is 5.69. The van der Waals surface area contributed by atoms with Crippen LogP contribution in [0.1, 0.15) is 26.4 Å². The largest absolute Gasteiger partial charge is 0.384 e. The Bertz CT molecular complexity index is 694. The van der Waals surface area contributed by atoms with Gasteiger partial charge in [0.2, 0.25) is 0 Å². The molecule has 0 fully saturated rings. The quantitative estimate of drug-likeness (QED) is 0.885. The lowest BCUT2D eigenvalue weighted by Crippen LogP contribution is -2.26. The number of hydrogen-bond acceptors (Lipinski definition) is 3. The molecule has 0 radical (unpaired) electrons. The van der Waals surface area contributed by atoms with Gasteiger partial charge in [-0.05, 0) is 23.9 Å². The van der Waals surface area contributed by atoms with Gasteiger partial charge in [-0.1, -0.05) is 41.7 Å². The van der Waals surface area contributed by atoms with Crippen molar-refractivity contribution in [2.24, 2.45) is 0 Å². The molecule has 0 bridgehead atoms. The van der Waals surface area contributed by atoms with Crippen LogP contribution in [0, 0.1) is 18.8 Å². The second-order valence-electron chi connectivity index (χ2n) is 4.77. The topological polar surface area (TPSA) is 40.5 Å². The number of carbonyl (C=O) groups excluding carboxylic acids is 1. The van der Waals surface area contributed by atoms with Crippen LogP contribution in [-0.2, 0) is 6.54 Å². The molecule has 3 nitrogen and oxygen atoms in total. The van der Waals surface area contributed by atoms with E-state index in [1.54, 1.807) is 18.0 Å². The maximum Gasteiger partial charge on any atom is 0.265 e. The van der Waals surface area contributed by atoms with Crippen LogP contribution in [0.5, 0.6) is 0 Å². The minimum atomic E-state index is -0.206. The van der Waals surface area contributed by atoms with Gasteiger partial charge in [-0.15, -0.1) is 11.3 Å². The van der Waals surface area contributed by atoms with Gasteiger partial charge in [-0.3, -0.25) is 4.79 Å². The van der Waals surface area contributed by atoms with E-state index in [9.17, 15) is 4.79 Å². The molecule has 2 rings (SSSR count). The number of aryl methyl sites for hydroxylation is 1. The maximum atomic E-state index is 12.5. The van der Waals surface area contributed by atoms with E-state index in [-0.39, 0.29) is 12.5 Å². The Hall–Kier alpha value is -2.09. The van der Waals surface area contributed by atoms with Gasteiger partial charge < -0.3 is 10.0 Å². The van der Waals surface area contributed by atoms with Crippen LogP contribution < -0.4 is 0 Å². The number of aliphatic hydroxyl groups excluding tert-OH is 1. The summed E-state index contributed by atoms with van der Waals surface area (Å²) in [5, 5.41) is 10.6. The van der Waals surface area contributed by atoms with Crippen molar-refractivity contribution < 1.29 is 9.90 Å². The standard InChI is InChI=1S/C17H17NO2S/c1-13-5-3-6-14(11-13)12-18(2)17(20)16-15(7-4-9-19)8-10-21-16/h3,5-6,8,10-11,19H,9,12H2,1-2H3. The summed E-state index contributed by atoms with van der Waals surface area (Å²) >= 11 is 1.37. The number of benzene rings is 1. The Labute approximate surface area is 128 Å². The molecule has 0 aliphatic heterocycles. The fraction of sp³-hybridized carbons (Fsp3) is 0.235. The zero-order chi connectivity index (χ0) is 15.2. The van der Waals surface area contributed by atoms with Gasteiger partial charge in [0.05, 0.1) is 0 Å². The lowest BCUT2D eigenvalue weighted by Gasteiger charge is -2.17. The van der Waals surface area contributed by atoms with Crippen molar-refractivity contribution >= 4 is 17.2 Å². The average molecular weight is 299 g/mol. The highest BCUT2D eigenvalue weighted by Gasteiger charge is 2.16. The van der Waals surface area contributed by atoms with Crippen LogP contribution in [-0.4, -0.2) is 29.6 Å². The summed E-state index contributed by atoms with van der Waals surface area (Å²) in [4.78, 5) is 14.8. The van der Waals surface area contributed by atoms with Gasteiger partial charge in [0.25, 0.3) is 5.91 Å². The average Bonchev–Trinajstić information content (AvgIpc) is 2.92. The van der Waals surface area contributed by atoms with Crippen molar-refractivity contribution in [3.63, 3.8) is 0 Å². The first-order valence-electron chi connectivity index (χ1n) is 6.60. The maximum absolute atomic E-state index is 12.5. The molecule has 0 spiro atoms. The monoisotopic (exact) mass is 299 g/mol. The molecule has 0 unspecified atom stereocenters. The molecular weight excluding hydrogens is 282 g/mol. The number of nitrogens with zero attached hydrogens (tertiary/aromatic N) is 1. The molecule has 2 aromatic rings. The lowest BCUT2D eigenvalue weighted by molar-refractivity contribution is 0.0789. The third kappa shape index (κ3) is 3.94. The summed E-state index contributed by atoms with van der Waals surface area (Å²) in [6, 6.07) is 9.92. The molecule has 21 heavy (non-hydrogen) atoms. The van der Waals surface area contributed by atoms with Gasteiger partial charge in [-0.25, -0.2) is 0 Å². The van der Waals surface area contributed by atoms with Gasteiger partial charge in [0.1, 0.15) is 11.5 Å². The molecule has 1 aromatic carbocycles. The molecule has 1 heterocycles. The van der Waals surface area contributed by atoms with Crippen molar-refractivity contribution in [3.05, 3.63) is 57.3 Å². The van der Waals surface area contributed by atoms with Crippen LogP contribution >= 0.6 is 11.3 Å². The summed E-state index contributed by atoms with van der Waals surface area (Å²) in [6.07, 6.45) is 0. The van der Waals surface area contributed by atoms with E-state index in [1.807, 2.05) is 30.5 Å². The second kappa shape index (κ2) is 7.07. The van der Waals surface area contributed by atoms with Gasteiger partial charge >= 0.3 is 0 Å². The number of amides is 1. The number of rotatable bonds is 3. The molecule has 1 amide bonds. The SMILES string of the molecule is Cc1cccc(CN(C)C(=O)c2sccc2C#CCO)c1. The smallest absolute Gasteiger partial charge is 0.265 e. The molecular formula is C17H17NO2S. The van der Waals surface area contributed by atoms with Gasteiger partial charge in [0.15, 0.2) is 0 Å². The zero-order valence-corrected chi connectivity index (χ0v) is 12.9. The summed E-state index contributed by atoms with van der Waals surface area (Å²) in [7, 11) is 1.79. The fourth-order valence-electron chi connectivity index (χ4n) is 2.04. The molecule has 1 N–H and O–H groups in total. The lowest BCUT2D eigenvalue weighted by atomic mass is 10.1. The van der Waals surface area contributed by atoms with Crippen LogP contribution in [0.3, 0.4) is 0 Å². The van der Waals surface area contributed by atoms with Gasteiger partial charge in [-0.2, -0.15) is 0 Å². The highest BCUT2D eigenvalue weighted by atomic mass is 32.1. The minimum absolute atomic E-state index is 0.0475. The number of aliphatic hydroxyl groups is 1. The first kappa shape index (κ1) is 15.3. The summed E-state index contributed by atoms with van der Waals surface area (Å²) in [5.74, 6) is 5.35. The van der Waals surface area contributed by atoms with E-state index in [1.165, 1.54) is 16.9 Å². The molecule has 0 saturated heterocycles. The number of hydrogen-bond donors (Lipinski definition) is 1. The molecule has 1 aromatic heterocycles. The zero-order valence-electron chi connectivity index (χ0n) is 12.1. The first-order valence-corrected chi connectivity index (χ1v) is 7.48. The highest BCUT2D eigenvalue weighted by Crippen LogP contribution is 2.19. The number of thiophene rings is 1. The minimum Gasteiger partial charge on any atom is -0.384 e. The summed E-state index contributed by atoms with van der Waals surface area (Å²) in [5.41, 5.74) is 2.96. The molecule has 0 saturated carbocycles. The Morgan fingerprint density at radius 1 is 1.38 bits per heavy atom. The molecule has 4 heteroatoms. The van der Waals surface area contributed by atoms with E-state index < -0.39 is 0 Å². The highest BCUT2D eigenvalue weighted by molar-refractivity contribution is 7.12. The first-order chi connectivity index (χ1) is 10.1. The summed E-state index contributed by atoms with van der Waals surface area (Å²) in [6.45, 7) is 2.39. The predicted molar refractivity (Wildman–Crippen MR) is 85.3 cm³/mol. The number of carbonyl (C=O) groups is 1. The molecule has 0 aliphatic carbocycles. The van der Waals surface area contributed by atoms with Crippen LogP contribution in [0.4, 0.5) is 0 Å². The Morgan fingerprint density at radius 3 is 2.90 bits per heavy atom. The van der Waals surface area contributed by atoms with Crippen molar-refractivity contribution in [1.82, 2.24) is 4.90 Å². The Balaban J connectivity index is 2.14. The Kier molecular flexibility index (Phi) is 5.15. The van der Waals surface area contributed by atoms with E-state index in [2.05, 4.69) is 17.9 Å². The normalized spacial score (nSPS) is 9.86. The molecule has 0 atom stereocenters. The van der Waals surface area contributed by atoms with E-state index in [0.717, 1.165) is 5.56 Å². The van der Waals surface area contributed by atoms with Crippen molar-refractivity contribution in [2.45, 2.75) is 13.5 Å². The van der Waals surface area contributed by atoms with Gasteiger partial charge in [0, 0.05) is 19.2 Å². The van der Waals surface area contributed by atoms with E-state index in [0.29, 0.717) is 17.0 Å². The fourth-order valence-corrected chi connectivity index (χ4v) is 2.88. The third-order valence-corrected chi connectivity index (χ3v) is 3.91.